The number of nitrogens with zero attached hydrogens (tertiary/aromatic N) is 4. The van der Waals surface area contributed by atoms with Gasteiger partial charge < -0.3 is 4.52 Å². The Morgan fingerprint density at radius 3 is 3.00 bits per heavy atom. The highest BCUT2D eigenvalue weighted by atomic mass is 79.9. The summed E-state index contributed by atoms with van der Waals surface area (Å²) in [5.41, 5.74) is -0.155. The van der Waals surface area contributed by atoms with Crippen molar-refractivity contribution in [2.24, 2.45) is 0 Å². The molecular weight excluding hydrogens is 300 g/mol. The number of hydrogen-bond donors (Lipinski definition) is 0. The second-order valence-electron chi connectivity index (χ2n) is 3.90. The first-order chi connectivity index (χ1) is 8.61. The first kappa shape index (κ1) is 12.9. The van der Waals surface area contributed by atoms with E-state index in [0.29, 0.717) is 22.0 Å². The Hall–Kier alpha value is -1.50. The smallest absolute Gasteiger partial charge is 0.268 e. The lowest BCUT2D eigenvalue weighted by Gasteiger charge is -2.05. The van der Waals surface area contributed by atoms with Gasteiger partial charge in [-0.25, -0.2) is 4.98 Å². The third-order valence-corrected chi connectivity index (χ3v) is 3.03. The van der Waals surface area contributed by atoms with E-state index in [0.717, 1.165) is 12.8 Å². The van der Waals surface area contributed by atoms with Crippen LogP contribution in [0.1, 0.15) is 30.9 Å². The van der Waals surface area contributed by atoms with Gasteiger partial charge in [0, 0.05) is 12.6 Å². The van der Waals surface area contributed by atoms with Crippen LogP contribution in [0.2, 0.25) is 0 Å². The van der Waals surface area contributed by atoms with Gasteiger partial charge in [0.2, 0.25) is 5.89 Å². The lowest BCUT2D eigenvalue weighted by molar-refractivity contribution is 0.362. The maximum absolute atomic E-state index is 11.9. The molecule has 2 rings (SSSR count). The topological polar surface area (TPSA) is 73.8 Å². The van der Waals surface area contributed by atoms with Crippen LogP contribution >= 0.6 is 15.9 Å². The Balaban J connectivity index is 2.28. The molecule has 0 saturated carbocycles. The maximum Gasteiger partial charge on any atom is 0.268 e. The van der Waals surface area contributed by atoms with Gasteiger partial charge in [-0.3, -0.25) is 9.36 Å². The van der Waals surface area contributed by atoms with E-state index in [-0.39, 0.29) is 12.1 Å². The van der Waals surface area contributed by atoms with Crippen molar-refractivity contribution in [2.75, 3.05) is 0 Å². The first-order valence-corrected chi connectivity index (χ1v) is 6.44. The molecule has 0 unspecified atom stereocenters. The Morgan fingerprint density at radius 2 is 2.28 bits per heavy atom. The molecule has 0 aliphatic carbocycles. The van der Waals surface area contributed by atoms with Gasteiger partial charge in [0.15, 0.2) is 5.82 Å². The standard InChI is InChI=1S/C11H13BrN4O2/c1-3-4-9-14-10(18-15-9)6-16-7(2)13-5-8(12)11(16)17/h5H,3-4,6H2,1-2H3. The van der Waals surface area contributed by atoms with Gasteiger partial charge in [-0.1, -0.05) is 12.1 Å². The predicted octanol–water partition coefficient (Wildman–Crippen LogP) is 1.70. The average Bonchev–Trinajstić information content (AvgIpc) is 2.78. The van der Waals surface area contributed by atoms with Crippen molar-refractivity contribution in [1.29, 1.82) is 0 Å². The van der Waals surface area contributed by atoms with Crippen LogP contribution in [-0.4, -0.2) is 19.7 Å². The number of halogens is 1. The molecule has 7 heteroatoms. The van der Waals surface area contributed by atoms with E-state index in [9.17, 15) is 4.79 Å². The minimum absolute atomic E-state index is 0.155. The first-order valence-electron chi connectivity index (χ1n) is 5.65. The monoisotopic (exact) mass is 312 g/mol. The zero-order chi connectivity index (χ0) is 13.1. The summed E-state index contributed by atoms with van der Waals surface area (Å²) in [4.78, 5) is 20.2. The SMILES string of the molecule is CCCc1noc(Cn2c(C)ncc(Br)c2=O)n1. The maximum atomic E-state index is 11.9. The highest BCUT2D eigenvalue weighted by Gasteiger charge is 2.11. The fraction of sp³-hybridized carbons (Fsp3) is 0.455. The van der Waals surface area contributed by atoms with Crippen molar-refractivity contribution in [3.63, 3.8) is 0 Å². The Morgan fingerprint density at radius 1 is 1.50 bits per heavy atom. The van der Waals surface area contributed by atoms with E-state index < -0.39 is 0 Å². The van der Waals surface area contributed by atoms with Crippen LogP contribution in [0.4, 0.5) is 0 Å². The lowest BCUT2D eigenvalue weighted by Crippen LogP contribution is -2.24. The molecule has 2 aromatic heterocycles. The molecule has 0 spiro atoms. The fourth-order valence-electron chi connectivity index (χ4n) is 1.55. The normalized spacial score (nSPS) is 10.8. The highest BCUT2D eigenvalue weighted by Crippen LogP contribution is 2.05. The van der Waals surface area contributed by atoms with Crippen molar-refractivity contribution < 1.29 is 4.52 Å². The quantitative estimate of drug-likeness (QED) is 0.859. The molecule has 0 aliphatic rings. The summed E-state index contributed by atoms with van der Waals surface area (Å²) in [5, 5.41) is 3.85. The van der Waals surface area contributed by atoms with Crippen LogP contribution < -0.4 is 5.56 Å². The zero-order valence-electron chi connectivity index (χ0n) is 10.2. The van der Waals surface area contributed by atoms with Gasteiger partial charge in [-0.05, 0) is 29.3 Å². The summed E-state index contributed by atoms with van der Waals surface area (Å²) in [5.74, 6) is 1.70. The van der Waals surface area contributed by atoms with E-state index in [1.807, 2.05) is 6.92 Å². The van der Waals surface area contributed by atoms with Gasteiger partial charge in [0.05, 0.1) is 0 Å². The summed E-state index contributed by atoms with van der Waals surface area (Å²) < 4.78 is 7.02. The summed E-state index contributed by atoms with van der Waals surface area (Å²) >= 11 is 3.16. The molecule has 0 aromatic carbocycles. The lowest BCUT2D eigenvalue weighted by atomic mass is 10.3. The van der Waals surface area contributed by atoms with Crippen LogP contribution in [0.15, 0.2) is 20.0 Å². The van der Waals surface area contributed by atoms with Crippen molar-refractivity contribution >= 4 is 15.9 Å². The summed E-state index contributed by atoms with van der Waals surface area (Å²) in [7, 11) is 0. The Labute approximate surface area is 112 Å². The largest absolute Gasteiger partial charge is 0.337 e. The minimum atomic E-state index is -0.155. The van der Waals surface area contributed by atoms with E-state index in [1.54, 1.807) is 6.92 Å². The summed E-state index contributed by atoms with van der Waals surface area (Å²) in [6.07, 6.45) is 3.22. The van der Waals surface area contributed by atoms with Crippen molar-refractivity contribution in [3.05, 3.63) is 38.6 Å². The van der Waals surface area contributed by atoms with Crippen molar-refractivity contribution in [1.82, 2.24) is 19.7 Å². The second-order valence-corrected chi connectivity index (χ2v) is 4.75. The van der Waals surface area contributed by atoms with E-state index in [2.05, 4.69) is 31.1 Å². The highest BCUT2D eigenvalue weighted by molar-refractivity contribution is 9.10. The van der Waals surface area contributed by atoms with Gasteiger partial charge in [-0.2, -0.15) is 4.98 Å². The molecule has 0 fully saturated rings. The minimum Gasteiger partial charge on any atom is -0.337 e. The molecule has 0 N–H and O–H groups in total. The van der Waals surface area contributed by atoms with Crippen LogP contribution in [0.5, 0.6) is 0 Å². The van der Waals surface area contributed by atoms with Crippen molar-refractivity contribution in [2.45, 2.75) is 33.2 Å². The van der Waals surface area contributed by atoms with Gasteiger partial charge >= 0.3 is 0 Å². The molecule has 6 nitrogen and oxygen atoms in total. The molecule has 0 amide bonds. The van der Waals surface area contributed by atoms with Gasteiger partial charge in [-0.15, -0.1) is 0 Å². The van der Waals surface area contributed by atoms with Crippen molar-refractivity contribution in [3.8, 4) is 0 Å². The van der Waals surface area contributed by atoms with E-state index >= 15 is 0 Å². The van der Waals surface area contributed by atoms with Crippen LogP contribution in [0, 0.1) is 6.92 Å². The number of aryl methyl sites for hydroxylation is 2. The molecule has 0 aliphatic heterocycles. The van der Waals surface area contributed by atoms with Crippen LogP contribution in [0.25, 0.3) is 0 Å². The van der Waals surface area contributed by atoms with Crippen LogP contribution in [0.3, 0.4) is 0 Å². The molecule has 0 radical (unpaired) electrons. The molecule has 2 heterocycles. The summed E-state index contributed by atoms with van der Waals surface area (Å²) in [6, 6.07) is 0. The zero-order valence-corrected chi connectivity index (χ0v) is 11.8. The average molecular weight is 313 g/mol. The molecule has 18 heavy (non-hydrogen) atoms. The summed E-state index contributed by atoms with van der Waals surface area (Å²) in [6.45, 7) is 4.05. The number of rotatable bonds is 4. The molecular formula is C11H13BrN4O2. The van der Waals surface area contributed by atoms with Gasteiger partial charge in [0.1, 0.15) is 16.8 Å². The third-order valence-electron chi connectivity index (χ3n) is 2.48. The predicted molar refractivity (Wildman–Crippen MR) is 68.3 cm³/mol. The second kappa shape index (κ2) is 5.43. The molecule has 0 bridgehead atoms. The third kappa shape index (κ3) is 2.66. The molecule has 96 valence electrons. The van der Waals surface area contributed by atoms with E-state index in [1.165, 1.54) is 10.8 Å². The molecule has 0 atom stereocenters. The van der Waals surface area contributed by atoms with E-state index in [4.69, 9.17) is 4.52 Å². The Kier molecular flexibility index (Phi) is 3.90. The van der Waals surface area contributed by atoms with Crippen LogP contribution in [-0.2, 0) is 13.0 Å². The molecule has 0 saturated heterocycles. The fourth-order valence-corrected chi connectivity index (χ4v) is 1.87. The Bertz CT molecular complexity index is 605. The number of aromatic nitrogens is 4. The van der Waals surface area contributed by atoms with Gasteiger partial charge in [0.25, 0.3) is 5.56 Å². The molecule has 2 aromatic rings. The number of hydrogen-bond acceptors (Lipinski definition) is 5.